The second-order valence-corrected chi connectivity index (χ2v) is 13.1. The minimum atomic E-state index is -5.11. The summed E-state index contributed by atoms with van der Waals surface area (Å²) in [7, 11) is -10.2. The first-order valence-electron chi connectivity index (χ1n) is 13.1. The lowest BCUT2D eigenvalue weighted by Crippen LogP contribution is -2.36. The largest absolute Gasteiger partial charge is 0.472 e. The van der Waals surface area contributed by atoms with Gasteiger partial charge in [-0.2, -0.15) is 4.98 Å². The molecule has 4 aromatic heterocycles. The van der Waals surface area contributed by atoms with Gasteiger partial charge >= 0.3 is 15.6 Å². The van der Waals surface area contributed by atoms with Crippen molar-refractivity contribution in [1.29, 1.82) is 0 Å². The topological polar surface area (TPSA) is 317 Å². The second kappa shape index (κ2) is 10.9. The number of nitrogens with one attached hydrogen (secondary N) is 1. The quantitative estimate of drug-likeness (QED) is 0.116. The average molecular weight is 673 g/mol. The predicted molar refractivity (Wildman–Crippen MR) is 146 cm³/mol. The van der Waals surface area contributed by atoms with Crippen LogP contribution in [0.25, 0.3) is 22.3 Å². The van der Waals surface area contributed by atoms with E-state index in [1.807, 2.05) is 0 Å². The molecule has 0 saturated carbocycles. The number of H-pyrrole nitrogens is 1. The van der Waals surface area contributed by atoms with Crippen LogP contribution in [0.5, 0.6) is 0 Å². The summed E-state index contributed by atoms with van der Waals surface area (Å²) in [4.78, 5) is 52.1. The molecular formula is C21H25N9O13P2. The molecule has 242 valence electrons. The lowest BCUT2D eigenvalue weighted by atomic mass is 10.1. The number of aliphatic hydroxyl groups is 2. The van der Waals surface area contributed by atoms with Crippen molar-refractivity contribution in [3.05, 3.63) is 35.3 Å². The minimum Gasteiger partial charge on any atom is -0.397 e. The number of ether oxygens (including phenoxy) is 2. The van der Waals surface area contributed by atoms with Gasteiger partial charge in [0.25, 0.3) is 5.56 Å². The molecule has 22 nitrogen and oxygen atoms in total. The van der Waals surface area contributed by atoms with Crippen LogP contribution >= 0.6 is 15.6 Å². The Morgan fingerprint density at radius 1 is 0.844 bits per heavy atom. The van der Waals surface area contributed by atoms with Crippen LogP contribution in [0.3, 0.4) is 0 Å². The molecule has 45 heavy (non-hydrogen) atoms. The van der Waals surface area contributed by atoms with Crippen LogP contribution in [0.1, 0.15) is 12.5 Å². The monoisotopic (exact) mass is 673 g/mol. The Kier molecular flexibility index (Phi) is 7.32. The number of aliphatic hydroxyl groups excluding tert-OH is 2. The van der Waals surface area contributed by atoms with Crippen LogP contribution in [-0.2, 0) is 36.7 Å². The number of pyridine rings is 1. The molecule has 0 spiro atoms. The zero-order valence-electron chi connectivity index (χ0n) is 22.5. The maximum absolute atomic E-state index is 13.2. The van der Waals surface area contributed by atoms with Crippen LogP contribution in [-0.4, -0.2) is 104 Å². The van der Waals surface area contributed by atoms with E-state index in [1.165, 1.54) is 23.2 Å². The maximum Gasteiger partial charge on any atom is 0.472 e. The molecule has 7 heterocycles. The Bertz CT molecular complexity index is 1930. The van der Waals surface area contributed by atoms with Crippen molar-refractivity contribution in [2.24, 2.45) is 0 Å². The van der Waals surface area contributed by atoms with Gasteiger partial charge in [-0.15, -0.1) is 0 Å². The van der Waals surface area contributed by atoms with Crippen LogP contribution in [0.15, 0.2) is 29.7 Å². The fourth-order valence-electron chi connectivity index (χ4n) is 5.38. The highest BCUT2D eigenvalue weighted by atomic mass is 31.2. The third kappa shape index (κ3) is 5.33. The van der Waals surface area contributed by atoms with E-state index < -0.39 is 83.5 Å². The molecule has 3 aliphatic rings. The number of nitrogens with two attached hydrogens (primary N) is 2. The van der Waals surface area contributed by atoms with Gasteiger partial charge < -0.3 is 40.9 Å². The molecule has 2 bridgehead atoms. The van der Waals surface area contributed by atoms with E-state index in [0.29, 0.717) is 0 Å². The number of aromatic nitrogens is 7. The number of fused-ring (bicyclic) bond motifs is 5. The summed E-state index contributed by atoms with van der Waals surface area (Å²) in [6, 6.07) is 1.51. The smallest absolute Gasteiger partial charge is 0.397 e. The van der Waals surface area contributed by atoms with Crippen molar-refractivity contribution in [1.82, 2.24) is 34.1 Å². The molecule has 9 N–H and O–H groups in total. The lowest BCUT2D eigenvalue weighted by molar-refractivity contribution is -0.0672. The van der Waals surface area contributed by atoms with E-state index in [0.717, 1.165) is 10.9 Å². The molecule has 2 unspecified atom stereocenters. The maximum atomic E-state index is 13.2. The standard InChI is InChI=1S/C21H25N9O13P2/c22-7-1-2-24-16-10(7)25-5-29(16)19-13(32)14-9(41-19)4-39-45(36,37)43-15-12(31)8(3-38-44(34,35)42-14)40-20(15)30-6-26-11-17(30)27-21(23)28-18(11)33/h1-2,5-6,8-9,12-15,19-20,31-32H,3-4H2,(H2,22,24)(H,34,35)(H,36,37)(H3,23,27,28,33)/t8-,9-,12-,13+,14-,15-,19-,20-/m1/s1. The van der Waals surface area contributed by atoms with Crippen molar-refractivity contribution in [3.63, 3.8) is 0 Å². The van der Waals surface area contributed by atoms with Gasteiger partial charge in [-0.25, -0.2) is 24.1 Å². The van der Waals surface area contributed by atoms with Crippen molar-refractivity contribution in [2.45, 2.75) is 49.1 Å². The van der Waals surface area contributed by atoms with E-state index >= 15 is 0 Å². The van der Waals surface area contributed by atoms with Gasteiger partial charge in [-0.05, 0) is 6.07 Å². The number of rotatable bonds is 2. The van der Waals surface area contributed by atoms with Crippen molar-refractivity contribution < 1.29 is 56.7 Å². The molecule has 24 heteroatoms. The second-order valence-electron chi connectivity index (χ2n) is 10.3. The third-order valence-electron chi connectivity index (χ3n) is 7.43. The number of phosphoric ester groups is 2. The van der Waals surface area contributed by atoms with Gasteiger partial charge in [0.15, 0.2) is 29.3 Å². The van der Waals surface area contributed by atoms with E-state index in [4.69, 9.17) is 39.0 Å². The molecule has 3 fully saturated rings. The van der Waals surface area contributed by atoms with Crippen LogP contribution < -0.4 is 17.0 Å². The molecule has 3 saturated heterocycles. The van der Waals surface area contributed by atoms with Crippen molar-refractivity contribution in [2.75, 3.05) is 24.7 Å². The highest BCUT2D eigenvalue weighted by molar-refractivity contribution is 7.47. The minimum absolute atomic E-state index is 0.125. The number of imidazole rings is 2. The van der Waals surface area contributed by atoms with Crippen LogP contribution in [0.2, 0.25) is 0 Å². The molecule has 3 aliphatic heterocycles. The summed E-state index contributed by atoms with van der Waals surface area (Å²) >= 11 is 0. The third-order valence-corrected chi connectivity index (χ3v) is 9.40. The summed E-state index contributed by atoms with van der Waals surface area (Å²) in [5.41, 5.74) is 11.4. The number of anilines is 2. The summed E-state index contributed by atoms with van der Waals surface area (Å²) in [5.74, 6) is -0.281. The van der Waals surface area contributed by atoms with Gasteiger partial charge in [-0.1, -0.05) is 0 Å². The zero-order valence-corrected chi connectivity index (χ0v) is 24.3. The molecule has 0 amide bonds. The van der Waals surface area contributed by atoms with E-state index in [-0.39, 0.29) is 34.0 Å². The highest BCUT2D eigenvalue weighted by Gasteiger charge is 2.54. The number of hydrogen-bond donors (Lipinski definition) is 7. The lowest BCUT2D eigenvalue weighted by Gasteiger charge is -2.25. The first-order chi connectivity index (χ1) is 21.3. The fourth-order valence-corrected chi connectivity index (χ4v) is 7.28. The molecular weight excluding hydrogens is 648 g/mol. The molecule has 0 aliphatic carbocycles. The van der Waals surface area contributed by atoms with Crippen LogP contribution in [0.4, 0.5) is 11.6 Å². The SMILES string of the molecule is Nc1nc2c(ncn2[C@@H]2O[C@@H]3COP(=O)(O)O[C@H]4[C@H](O)[C@H](n5cnc6c(N)ccnc65)O[C@@H]4COP(=O)(O)O[C@@H]2[C@@H]3O)c(=O)[nH]1. The molecule has 0 aromatic carbocycles. The Balaban J connectivity index is 1.21. The number of nitrogens with zero attached hydrogens (tertiary/aromatic N) is 6. The average Bonchev–Trinajstić information content (AvgIpc) is 3.72. The van der Waals surface area contributed by atoms with E-state index in [9.17, 15) is 33.9 Å². The van der Waals surface area contributed by atoms with Gasteiger partial charge in [-0.3, -0.25) is 37.0 Å². The van der Waals surface area contributed by atoms with Gasteiger partial charge in [0, 0.05) is 6.20 Å². The number of phosphoric acid groups is 2. The Hall–Kier alpha value is -3.37. The number of hydrogen-bond acceptors (Lipinski definition) is 17. The predicted octanol–water partition coefficient (Wildman–Crippen LogP) is -1.74. The van der Waals surface area contributed by atoms with Gasteiger partial charge in [0.05, 0.1) is 31.6 Å². The first-order valence-corrected chi connectivity index (χ1v) is 16.1. The number of nitrogen functional groups attached to an aromatic ring is 2. The molecule has 0 radical (unpaired) electrons. The van der Waals surface area contributed by atoms with Gasteiger partial charge in [0.2, 0.25) is 5.95 Å². The Labute approximate surface area is 249 Å². The van der Waals surface area contributed by atoms with Crippen molar-refractivity contribution in [3.8, 4) is 0 Å². The van der Waals surface area contributed by atoms with Crippen LogP contribution in [0, 0.1) is 0 Å². The van der Waals surface area contributed by atoms with E-state index in [1.54, 1.807) is 0 Å². The van der Waals surface area contributed by atoms with Crippen molar-refractivity contribution >= 4 is 49.6 Å². The summed E-state index contributed by atoms with van der Waals surface area (Å²) in [6.45, 7) is -1.63. The van der Waals surface area contributed by atoms with Gasteiger partial charge in [0.1, 0.15) is 42.1 Å². The Morgan fingerprint density at radius 3 is 2.20 bits per heavy atom. The Morgan fingerprint density at radius 2 is 1.47 bits per heavy atom. The summed E-state index contributed by atoms with van der Waals surface area (Å²) in [5, 5.41) is 22.1. The number of aromatic amines is 1. The normalized spacial score (nSPS) is 37.7. The molecule has 7 rings (SSSR count). The first kappa shape index (κ1) is 30.3. The highest BCUT2D eigenvalue weighted by Crippen LogP contribution is 2.53. The fraction of sp³-hybridized carbons (Fsp3) is 0.476. The summed E-state index contributed by atoms with van der Waals surface area (Å²) < 4.78 is 61.2. The molecule has 10 atom stereocenters. The molecule has 4 aromatic rings. The van der Waals surface area contributed by atoms with E-state index in [2.05, 4.69) is 24.9 Å². The summed E-state index contributed by atoms with van der Waals surface area (Å²) in [6.07, 6.45) is -8.82. The zero-order chi connectivity index (χ0) is 31.8.